The SMILES string of the molecule is O=C([C@H]1CCCO1)N1CCN(c2ccc(C(F)(F)F)cn2)CC1. The van der Waals surface area contributed by atoms with E-state index in [-0.39, 0.29) is 12.0 Å². The molecule has 2 saturated heterocycles. The predicted octanol–water partition coefficient (Wildman–Crippen LogP) is 1.93. The number of hydrogen-bond acceptors (Lipinski definition) is 4. The maximum atomic E-state index is 12.5. The lowest BCUT2D eigenvalue weighted by Crippen LogP contribution is -2.51. The smallest absolute Gasteiger partial charge is 0.368 e. The lowest BCUT2D eigenvalue weighted by Gasteiger charge is -2.36. The van der Waals surface area contributed by atoms with Crippen molar-refractivity contribution in [3.05, 3.63) is 23.9 Å². The largest absolute Gasteiger partial charge is 0.417 e. The van der Waals surface area contributed by atoms with Gasteiger partial charge in [-0.1, -0.05) is 0 Å². The van der Waals surface area contributed by atoms with Crippen LogP contribution in [-0.2, 0) is 15.7 Å². The van der Waals surface area contributed by atoms with Crippen molar-refractivity contribution < 1.29 is 22.7 Å². The summed E-state index contributed by atoms with van der Waals surface area (Å²) in [7, 11) is 0. The molecule has 0 N–H and O–H groups in total. The van der Waals surface area contributed by atoms with Gasteiger partial charge in [0.2, 0.25) is 0 Å². The van der Waals surface area contributed by atoms with Gasteiger partial charge >= 0.3 is 6.18 Å². The van der Waals surface area contributed by atoms with Crippen LogP contribution in [0.25, 0.3) is 0 Å². The third-order valence-corrected chi connectivity index (χ3v) is 4.20. The van der Waals surface area contributed by atoms with Gasteiger partial charge in [-0.15, -0.1) is 0 Å². The number of hydrogen-bond donors (Lipinski definition) is 0. The molecule has 1 atom stereocenters. The molecule has 0 saturated carbocycles. The van der Waals surface area contributed by atoms with Crippen LogP contribution in [0.3, 0.4) is 0 Å². The summed E-state index contributed by atoms with van der Waals surface area (Å²) in [5.41, 5.74) is -0.756. The first kappa shape index (κ1) is 16.0. The number of piperazine rings is 1. The van der Waals surface area contributed by atoms with Crippen LogP contribution in [0.15, 0.2) is 18.3 Å². The second-order valence-corrected chi connectivity index (χ2v) is 5.72. The summed E-state index contributed by atoms with van der Waals surface area (Å²) in [6.45, 7) is 2.79. The van der Waals surface area contributed by atoms with Crippen molar-refractivity contribution in [3.8, 4) is 0 Å². The molecule has 0 aromatic carbocycles. The number of pyridine rings is 1. The van der Waals surface area contributed by atoms with Crippen LogP contribution in [0.5, 0.6) is 0 Å². The van der Waals surface area contributed by atoms with E-state index in [1.54, 1.807) is 4.90 Å². The zero-order valence-corrected chi connectivity index (χ0v) is 12.6. The molecular formula is C15H18F3N3O2. The first-order chi connectivity index (χ1) is 10.9. The molecule has 3 heterocycles. The lowest BCUT2D eigenvalue weighted by molar-refractivity contribution is -0.141. The fourth-order valence-electron chi connectivity index (χ4n) is 2.87. The monoisotopic (exact) mass is 329 g/mol. The molecule has 23 heavy (non-hydrogen) atoms. The van der Waals surface area contributed by atoms with Crippen LogP contribution < -0.4 is 4.90 Å². The minimum atomic E-state index is -4.38. The average molecular weight is 329 g/mol. The molecule has 5 nitrogen and oxygen atoms in total. The molecule has 0 radical (unpaired) electrons. The van der Waals surface area contributed by atoms with Crippen molar-refractivity contribution in [3.63, 3.8) is 0 Å². The van der Waals surface area contributed by atoms with Gasteiger partial charge in [0, 0.05) is 39.0 Å². The number of carbonyl (C=O) groups excluding carboxylic acids is 1. The highest BCUT2D eigenvalue weighted by Gasteiger charge is 2.32. The van der Waals surface area contributed by atoms with E-state index in [2.05, 4.69) is 4.98 Å². The van der Waals surface area contributed by atoms with E-state index in [4.69, 9.17) is 4.74 Å². The molecule has 1 amide bonds. The highest BCUT2D eigenvalue weighted by molar-refractivity contribution is 5.81. The maximum absolute atomic E-state index is 12.5. The summed E-state index contributed by atoms with van der Waals surface area (Å²) >= 11 is 0. The van der Waals surface area contributed by atoms with Crippen LogP contribution in [-0.4, -0.2) is 54.7 Å². The Labute approximate surface area is 132 Å². The maximum Gasteiger partial charge on any atom is 0.417 e. The number of aromatic nitrogens is 1. The predicted molar refractivity (Wildman–Crippen MR) is 77.0 cm³/mol. The van der Waals surface area contributed by atoms with Gasteiger partial charge in [0.05, 0.1) is 5.56 Å². The van der Waals surface area contributed by atoms with Crippen LogP contribution in [0.1, 0.15) is 18.4 Å². The Balaban J connectivity index is 1.57. The molecule has 0 spiro atoms. The molecule has 0 aliphatic carbocycles. The molecule has 3 rings (SSSR count). The molecule has 2 aliphatic rings. The van der Waals surface area contributed by atoms with E-state index in [9.17, 15) is 18.0 Å². The van der Waals surface area contributed by atoms with Crippen molar-refractivity contribution in [1.29, 1.82) is 0 Å². The van der Waals surface area contributed by atoms with Gasteiger partial charge in [-0.05, 0) is 25.0 Å². The van der Waals surface area contributed by atoms with E-state index in [1.165, 1.54) is 6.07 Å². The summed E-state index contributed by atoms with van der Waals surface area (Å²) in [5.74, 6) is 0.518. The molecule has 1 aromatic heterocycles. The highest BCUT2D eigenvalue weighted by Crippen LogP contribution is 2.29. The summed E-state index contributed by atoms with van der Waals surface area (Å²) in [6.07, 6.45) is -2.19. The second kappa shape index (κ2) is 6.35. The molecular weight excluding hydrogens is 311 g/mol. The van der Waals surface area contributed by atoms with Gasteiger partial charge in [-0.2, -0.15) is 13.2 Å². The standard InChI is InChI=1S/C15H18F3N3O2/c16-15(17,18)11-3-4-13(19-10-11)20-5-7-21(8-6-20)14(22)12-2-1-9-23-12/h3-4,10,12H,1-2,5-9H2/t12-/m1/s1. The van der Waals surface area contributed by atoms with Gasteiger partial charge in [-0.3, -0.25) is 4.79 Å². The topological polar surface area (TPSA) is 45.7 Å². The first-order valence-electron chi connectivity index (χ1n) is 7.64. The number of anilines is 1. The second-order valence-electron chi connectivity index (χ2n) is 5.72. The van der Waals surface area contributed by atoms with Gasteiger partial charge in [0.1, 0.15) is 11.9 Å². The number of ether oxygens (including phenoxy) is 1. The van der Waals surface area contributed by atoms with Crippen molar-refractivity contribution in [1.82, 2.24) is 9.88 Å². The molecule has 0 unspecified atom stereocenters. The zero-order chi connectivity index (χ0) is 16.4. The van der Waals surface area contributed by atoms with E-state index in [1.807, 2.05) is 4.90 Å². The summed E-state index contributed by atoms with van der Waals surface area (Å²) in [4.78, 5) is 19.8. The van der Waals surface area contributed by atoms with Gasteiger partial charge in [-0.25, -0.2) is 4.98 Å². The van der Waals surface area contributed by atoms with Crippen LogP contribution in [0.2, 0.25) is 0 Å². The Kier molecular flexibility index (Phi) is 4.43. The van der Waals surface area contributed by atoms with Crippen LogP contribution in [0.4, 0.5) is 19.0 Å². The zero-order valence-electron chi connectivity index (χ0n) is 12.6. The van der Waals surface area contributed by atoms with E-state index in [0.29, 0.717) is 38.6 Å². The Bertz CT molecular complexity index is 548. The normalized spacial score (nSPS) is 22.5. The van der Waals surface area contributed by atoms with E-state index >= 15 is 0 Å². The minimum Gasteiger partial charge on any atom is -0.368 e. The number of amides is 1. The summed E-state index contributed by atoms with van der Waals surface area (Å²) in [5, 5.41) is 0. The van der Waals surface area contributed by atoms with Crippen LogP contribution in [0, 0.1) is 0 Å². The van der Waals surface area contributed by atoms with Crippen molar-refractivity contribution in [2.24, 2.45) is 0 Å². The fourth-order valence-corrected chi connectivity index (χ4v) is 2.87. The number of halogens is 3. The molecule has 126 valence electrons. The Morgan fingerprint density at radius 3 is 2.48 bits per heavy atom. The van der Waals surface area contributed by atoms with Crippen molar-refractivity contribution in [2.75, 3.05) is 37.7 Å². The van der Waals surface area contributed by atoms with Gasteiger partial charge in [0.15, 0.2) is 0 Å². The van der Waals surface area contributed by atoms with E-state index < -0.39 is 11.7 Å². The number of alkyl halides is 3. The molecule has 0 bridgehead atoms. The Morgan fingerprint density at radius 1 is 1.22 bits per heavy atom. The third-order valence-electron chi connectivity index (χ3n) is 4.20. The Morgan fingerprint density at radius 2 is 1.96 bits per heavy atom. The summed E-state index contributed by atoms with van der Waals surface area (Å²) in [6, 6.07) is 2.41. The van der Waals surface area contributed by atoms with E-state index in [0.717, 1.165) is 25.1 Å². The van der Waals surface area contributed by atoms with Crippen molar-refractivity contribution in [2.45, 2.75) is 25.1 Å². The third kappa shape index (κ3) is 3.57. The first-order valence-corrected chi connectivity index (χ1v) is 7.64. The van der Waals surface area contributed by atoms with Gasteiger partial charge < -0.3 is 14.5 Å². The number of rotatable bonds is 2. The highest BCUT2D eigenvalue weighted by atomic mass is 19.4. The van der Waals surface area contributed by atoms with Gasteiger partial charge in [0.25, 0.3) is 5.91 Å². The number of nitrogens with zero attached hydrogens (tertiary/aromatic N) is 3. The van der Waals surface area contributed by atoms with Crippen molar-refractivity contribution >= 4 is 11.7 Å². The quantitative estimate of drug-likeness (QED) is 0.832. The molecule has 1 aromatic rings. The fraction of sp³-hybridized carbons (Fsp3) is 0.600. The number of carbonyl (C=O) groups is 1. The molecule has 2 fully saturated rings. The average Bonchev–Trinajstić information content (AvgIpc) is 3.08. The molecule has 8 heteroatoms. The summed E-state index contributed by atoms with van der Waals surface area (Å²) < 4.78 is 43.0. The minimum absolute atomic E-state index is 0.0162. The molecule has 2 aliphatic heterocycles. The lowest BCUT2D eigenvalue weighted by atomic mass is 10.2. The Hall–Kier alpha value is -1.83. The van der Waals surface area contributed by atoms with Crippen LogP contribution >= 0.6 is 0 Å².